The first-order valence-electron chi connectivity index (χ1n) is 8.73. The molecule has 146 valence electrons. The Kier molecular flexibility index (Phi) is 4.88. The molecule has 1 spiro atoms. The molecule has 2 fully saturated rings. The molecule has 1 aromatic rings. The number of nitrogens with zero attached hydrogens (tertiary/aromatic N) is 1. The van der Waals surface area contributed by atoms with E-state index in [-0.39, 0.29) is 12.0 Å². The molecule has 1 saturated heterocycles. The summed E-state index contributed by atoms with van der Waals surface area (Å²) in [5.74, 6) is -0.791. The predicted molar refractivity (Wildman–Crippen MR) is 89.0 cm³/mol. The molecule has 6 nitrogen and oxygen atoms in total. The maximum Gasteiger partial charge on any atom is 0.416 e. The fraction of sp³-hybridized carbons (Fsp3) is 0.500. The zero-order valence-corrected chi connectivity index (χ0v) is 14.7. The number of halogens is 3. The molecule has 1 aliphatic carbocycles. The van der Waals surface area contributed by atoms with E-state index in [1.54, 1.807) is 0 Å². The number of carbonyl (C=O) groups is 3. The minimum atomic E-state index is -4.51. The van der Waals surface area contributed by atoms with Crippen molar-refractivity contribution in [3.63, 3.8) is 0 Å². The maximum atomic E-state index is 12.8. The second-order valence-corrected chi connectivity index (χ2v) is 7.25. The van der Waals surface area contributed by atoms with E-state index in [2.05, 4.69) is 17.7 Å². The van der Waals surface area contributed by atoms with Gasteiger partial charge in [0.05, 0.1) is 12.0 Å². The molecule has 0 radical (unpaired) electrons. The van der Waals surface area contributed by atoms with Gasteiger partial charge in [0.15, 0.2) is 0 Å². The van der Waals surface area contributed by atoms with Crippen LogP contribution in [0.5, 0.6) is 0 Å². The molecule has 4 amide bonds. The molecule has 3 rings (SSSR count). The van der Waals surface area contributed by atoms with Gasteiger partial charge in [0.1, 0.15) is 5.54 Å². The number of carbonyl (C=O) groups excluding carboxylic acids is 3. The number of hydrogen-bond acceptors (Lipinski definition) is 3. The Morgan fingerprint density at radius 1 is 1.30 bits per heavy atom. The van der Waals surface area contributed by atoms with E-state index in [1.807, 2.05) is 0 Å². The monoisotopic (exact) mass is 383 g/mol. The van der Waals surface area contributed by atoms with Crippen LogP contribution in [0.2, 0.25) is 0 Å². The molecule has 1 aliphatic heterocycles. The van der Waals surface area contributed by atoms with Crippen molar-refractivity contribution in [2.45, 2.75) is 50.7 Å². The van der Waals surface area contributed by atoms with Crippen LogP contribution in [0.3, 0.4) is 0 Å². The van der Waals surface area contributed by atoms with Gasteiger partial charge in [-0.3, -0.25) is 15.0 Å². The van der Waals surface area contributed by atoms with Crippen molar-refractivity contribution in [3.05, 3.63) is 35.4 Å². The highest BCUT2D eigenvalue weighted by Crippen LogP contribution is 2.35. The molecule has 2 aliphatic rings. The smallest absolute Gasteiger partial charge is 0.322 e. The van der Waals surface area contributed by atoms with Gasteiger partial charge in [-0.1, -0.05) is 25.1 Å². The van der Waals surface area contributed by atoms with Gasteiger partial charge in [-0.25, -0.2) is 4.79 Å². The highest BCUT2D eigenvalue weighted by Gasteiger charge is 2.52. The number of imide groups is 1. The number of amides is 4. The number of nitrogens with one attached hydrogen (secondary N) is 2. The minimum absolute atomic E-state index is 0.135. The van der Waals surface area contributed by atoms with E-state index in [1.165, 1.54) is 12.1 Å². The SMILES string of the molecule is CC1CCC2(CC1)NC(=O)N(NC(=O)Cc1cccc(C(F)(F)F)c1)C2=O. The standard InChI is InChI=1S/C18H20F3N3O3/c1-11-5-7-17(8-6-11)15(26)24(16(27)22-17)23-14(25)10-12-3-2-4-13(9-12)18(19,20)21/h2-4,9,11H,5-8,10H2,1H3,(H,22,27)(H,23,25). The molecular weight excluding hydrogens is 363 g/mol. The van der Waals surface area contributed by atoms with Gasteiger partial charge in [-0.2, -0.15) is 18.2 Å². The summed E-state index contributed by atoms with van der Waals surface area (Å²) < 4.78 is 38.3. The Morgan fingerprint density at radius 2 is 1.96 bits per heavy atom. The number of benzene rings is 1. The highest BCUT2D eigenvalue weighted by molar-refractivity contribution is 6.08. The number of hydrazine groups is 1. The molecule has 0 atom stereocenters. The van der Waals surface area contributed by atoms with Crippen LogP contribution in [0.15, 0.2) is 24.3 Å². The Bertz CT molecular complexity index is 771. The second-order valence-electron chi connectivity index (χ2n) is 7.25. The molecule has 1 heterocycles. The number of hydrogen-bond donors (Lipinski definition) is 2. The number of rotatable bonds is 3. The highest BCUT2D eigenvalue weighted by atomic mass is 19.4. The molecule has 1 saturated carbocycles. The lowest BCUT2D eigenvalue weighted by atomic mass is 9.77. The topological polar surface area (TPSA) is 78.5 Å². The van der Waals surface area contributed by atoms with Crippen molar-refractivity contribution in [2.75, 3.05) is 0 Å². The van der Waals surface area contributed by atoms with Gasteiger partial charge >= 0.3 is 12.2 Å². The van der Waals surface area contributed by atoms with Crippen molar-refractivity contribution in [1.82, 2.24) is 15.8 Å². The second kappa shape index (κ2) is 6.86. The summed E-state index contributed by atoms with van der Waals surface area (Å²) >= 11 is 0. The third-order valence-corrected chi connectivity index (χ3v) is 5.15. The van der Waals surface area contributed by atoms with E-state index >= 15 is 0 Å². The molecular formula is C18H20F3N3O3. The Hall–Kier alpha value is -2.58. The maximum absolute atomic E-state index is 12.8. The van der Waals surface area contributed by atoms with Crippen LogP contribution in [-0.4, -0.2) is 28.4 Å². The fourth-order valence-corrected chi connectivity index (χ4v) is 3.52. The summed E-state index contributed by atoms with van der Waals surface area (Å²) in [5, 5.41) is 3.31. The average molecular weight is 383 g/mol. The van der Waals surface area contributed by atoms with Gasteiger partial charge < -0.3 is 5.32 Å². The van der Waals surface area contributed by atoms with Gasteiger partial charge in [0, 0.05) is 0 Å². The van der Waals surface area contributed by atoms with Gasteiger partial charge in [0.25, 0.3) is 5.91 Å². The first kappa shape index (κ1) is 19.2. The summed E-state index contributed by atoms with van der Waals surface area (Å²) in [6.07, 6.45) is -2.32. The first-order chi connectivity index (χ1) is 12.6. The molecule has 0 unspecified atom stereocenters. The van der Waals surface area contributed by atoms with E-state index in [0.29, 0.717) is 23.8 Å². The fourth-order valence-electron chi connectivity index (χ4n) is 3.52. The van der Waals surface area contributed by atoms with E-state index in [0.717, 1.165) is 25.0 Å². The Labute approximate surface area is 154 Å². The zero-order chi connectivity index (χ0) is 19.8. The lowest BCUT2D eigenvalue weighted by Gasteiger charge is -2.33. The minimum Gasteiger partial charge on any atom is -0.322 e. The van der Waals surface area contributed by atoms with E-state index in [4.69, 9.17) is 0 Å². The summed E-state index contributed by atoms with van der Waals surface area (Å²) in [5.41, 5.74) is 0.498. The molecule has 27 heavy (non-hydrogen) atoms. The molecule has 0 aromatic heterocycles. The number of urea groups is 1. The van der Waals surface area contributed by atoms with E-state index < -0.39 is 35.1 Å². The predicted octanol–water partition coefficient (Wildman–Crippen LogP) is 2.78. The largest absolute Gasteiger partial charge is 0.416 e. The third kappa shape index (κ3) is 3.91. The van der Waals surface area contributed by atoms with Gasteiger partial charge in [0.2, 0.25) is 5.91 Å². The van der Waals surface area contributed by atoms with Crippen LogP contribution in [0.4, 0.5) is 18.0 Å². The quantitative estimate of drug-likeness (QED) is 0.788. The molecule has 0 bridgehead atoms. The van der Waals surface area contributed by atoms with Crippen LogP contribution < -0.4 is 10.7 Å². The van der Waals surface area contributed by atoms with E-state index in [9.17, 15) is 27.6 Å². The number of alkyl halides is 3. The Balaban J connectivity index is 1.66. The van der Waals surface area contributed by atoms with Crippen molar-refractivity contribution in [3.8, 4) is 0 Å². The van der Waals surface area contributed by atoms with Gasteiger partial charge in [-0.15, -0.1) is 0 Å². The molecule has 9 heteroatoms. The summed E-state index contributed by atoms with van der Waals surface area (Å²) in [6, 6.07) is 3.65. The third-order valence-electron chi connectivity index (χ3n) is 5.15. The van der Waals surface area contributed by atoms with Crippen LogP contribution in [0, 0.1) is 5.92 Å². The first-order valence-corrected chi connectivity index (χ1v) is 8.73. The normalized spacial score (nSPS) is 25.6. The molecule has 2 N–H and O–H groups in total. The van der Waals surface area contributed by atoms with Crippen LogP contribution in [-0.2, 0) is 22.2 Å². The van der Waals surface area contributed by atoms with Crippen LogP contribution in [0.1, 0.15) is 43.7 Å². The summed E-state index contributed by atoms with van der Waals surface area (Å²) in [4.78, 5) is 37.0. The van der Waals surface area contributed by atoms with Crippen molar-refractivity contribution in [2.24, 2.45) is 5.92 Å². The van der Waals surface area contributed by atoms with Crippen molar-refractivity contribution >= 4 is 17.8 Å². The lowest BCUT2D eigenvalue weighted by molar-refractivity contribution is -0.139. The summed E-state index contributed by atoms with van der Waals surface area (Å²) in [6.45, 7) is 2.07. The summed E-state index contributed by atoms with van der Waals surface area (Å²) in [7, 11) is 0. The van der Waals surface area contributed by atoms with Gasteiger partial charge in [-0.05, 0) is 43.2 Å². The van der Waals surface area contributed by atoms with Crippen molar-refractivity contribution < 1.29 is 27.6 Å². The average Bonchev–Trinajstić information content (AvgIpc) is 2.81. The van der Waals surface area contributed by atoms with Crippen LogP contribution >= 0.6 is 0 Å². The van der Waals surface area contributed by atoms with Crippen molar-refractivity contribution in [1.29, 1.82) is 0 Å². The zero-order valence-electron chi connectivity index (χ0n) is 14.7. The lowest BCUT2D eigenvalue weighted by Crippen LogP contribution is -2.51. The van der Waals surface area contributed by atoms with Crippen LogP contribution in [0.25, 0.3) is 0 Å². The molecule has 1 aromatic carbocycles. The Morgan fingerprint density at radius 3 is 2.59 bits per heavy atom.